The van der Waals surface area contributed by atoms with Crippen LogP contribution in [0, 0.1) is 6.57 Å². The number of hydrogen-bond acceptors (Lipinski definition) is 3. The summed E-state index contributed by atoms with van der Waals surface area (Å²) in [5.74, 6) is 0.637. The smallest absolute Gasteiger partial charge is 0.357 e. The van der Waals surface area contributed by atoms with Gasteiger partial charge in [0.1, 0.15) is 5.75 Å². The van der Waals surface area contributed by atoms with E-state index in [9.17, 15) is 8.42 Å². The Labute approximate surface area is 131 Å². The molecule has 0 aliphatic heterocycles. The minimum absolute atomic E-state index is 0.00114. The molecule has 0 fully saturated rings. The molecule has 1 aliphatic rings. The summed E-state index contributed by atoms with van der Waals surface area (Å²) >= 11 is 0. The van der Waals surface area contributed by atoms with Crippen molar-refractivity contribution in [3.8, 4) is 5.75 Å². The van der Waals surface area contributed by atoms with Crippen LogP contribution in [0.25, 0.3) is 10.4 Å². The zero-order chi connectivity index (χ0) is 16.2. The molecule has 1 aromatic rings. The highest BCUT2D eigenvalue weighted by atomic mass is 32.2. The van der Waals surface area contributed by atoms with E-state index in [4.69, 9.17) is 11.3 Å². The maximum absolute atomic E-state index is 12.0. The van der Waals surface area contributed by atoms with Gasteiger partial charge in [-0.2, -0.15) is 0 Å². The summed E-state index contributed by atoms with van der Waals surface area (Å²) in [5, 5.41) is -0.446. The predicted molar refractivity (Wildman–Crippen MR) is 86.7 cm³/mol. The second-order valence-electron chi connectivity index (χ2n) is 5.46. The molecule has 0 saturated carbocycles. The normalized spacial score (nSPS) is 18.1. The van der Waals surface area contributed by atoms with E-state index in [0.717, 1.165) is 24.0 Å². The molecule has 118 valence electrons. The fraction of sp³-hybridized carbons (Fsp3) is 0.438. The zero-order valence-corrected chi connectivity index (χ0v) is 13.6. The van der Waals surface area contributed by atoms with Crippen molar-refractivity contribution >= 4 is 15.6 Å². The van der Waals surface area contributed by atoms with Gasteiger partial charge in [0.2, 0.25) is 10.0 Å². The number of benzene rings is 1. The Morgan fingerprint density at radius 3 is 2.64 bits per heavy atom. The first kappa shape index (κ1) is 16.5. The number of sulfonamides is 1. The van der Waals surface area contributed by atoms with Crippen LogP contribution in [0.1, 0.15) is 32.3 Å². The van der Waals surface area contributed by atoms with Gasteiger partial charge >= 0.3 is 6.73 Å². The summed E-state index contributed by atoms with van der Waals surface area (Å²) in [7, 11) is -3.29. The molecule has 0 amide bonds. The Morgan fingerprint density at radius 2 is 2.05 bits per heavy atom. The predicted octanol–water partition coefficient (Wildman–Crippen LogP) is 2.82. The molecule has 0 saturated heterocycles. The molecular weight excluding hydrogens is 300 g/mol. The summed E-state index contributed by atoms with van der Waals surface area (Å²) in [6, 6.07) is 7.21. The fourth-order valence-corrected chi connectivity index (χ4v) is 3.24. The Kier molecular flexibility index (Phi) is 5.22. The average molecular weight is 320 g/mol. The largest absolute Gasteiger partial charge is 0.426 e. The van der Waals surface area contributed by atoms with E-state index in [0.29, 0.717) is 5.75 Å². The zero-order valence-electron chi connectivity index (χ0n) is 12.7. The molecule has 0 radical (unpaired) electrons. The molecule has 1 aliphatic carbocycles. The molecular formula is C16H20N2O3S. The molecule has 1 N–H and O–H groups in total. The van der Waals surface area contributed by atoms with E-state index in [1.54, 1.807) is 26.0 Å². The van der Waals surface area contributed by atoms with Crippen LogP contribution in [0.4, 0.5) is 0 Å². The summed E-state index contributed by atoms with van der Waals surface area (Å²) < 4.78 is 32.1. The van der Waals surface area contributed by atoms with Gasteiger partial charge in [0.25, 0.3) is 0 Å². The Morgan fingerprint density at radius 1 is 1.36 bits per heavy atom. The van der Waals surface area contributed by atoms with E-state index >= 15 is 0 Å². The third-order valence-electron chi connectivity index (χ3n) is 3.61. The van der Waals surface area contributed by atoms with Gasteiger partial charge in [-0.25, -0.2) is 19.7 Å². The standard InChI is InChI=1S/C16H20N2O3S/c1-12(2)22(19,20)18-16-6-4-5-15(16)13-7-9-14(10-8-13)21-11-17-3/h5,7-10,12,16,18H,4,6,11H2,1-2H3. The van der Waals surface area contributed by atoms with Crippen molar-refractivity contribution in [2.24, 2.45) is 0 Å². The van der Waals surface area contributed by atoms with Crippen LogP contribution in [0.2, 0.25) is 0 Å². The topological polar surface area (TPSA) is 59.8 Å². The van der Waals surface area contributed by atoms with Gasteiger partial charge in [-0.1, -0.05) is 18.2 Å². The molecule has 0 bridgehead atoms. The van der Waals surface area contributed by atoms with Crippen LogP contribution < -0.4 is 9.46 Å². The third kappa shape index (κ3) is 3.87. The SMILES string of the molecule is [C-]#[N+]COc1ccc(C2=CCCC2NS(=O)(=O)C(C)C)cc1. The summed E-state index contributed by atoms with van der Waals surface area (Å²) in [6.45, 7) is 10.0. The molecule has 22 heavy (non-hydrogen) atoms. The van der Waals surface area contributed by atoms with Crippen LogP contribution >= 0.6 is 0 Å². The second-order valence-corrected chi connectivity index (χ2v) is 7.73. The van der Waals surface area contributed by atoms with Gasteiger partial charge in [-0.05, 0) is 50.0 Å². The quantitative estimate of drug-likeness (QED) is 0.820. The number of ether oxygens (including phenoxy) is 1. The number of nitrogens with zero attached hydrogens (tertiary/aromatic N) is 1. The fourth-order valence-electron chi connectivity index (χ4n) is 2.33. The van der Waals surface area contributed by atoms with Gasteiger partial charge in [-0.3, -0.25) is 4.85 Å². The van der Waals surface area contributed by atoms with E-state index in [-0.39, 0.29) is 12.8 Å². The van der Waals surface area contributed by atoms with Crippen LogP contribution in [0.3, 0.4) is 0 Å². The minimum atomic E-state index is -3.29. The van der Waals surface area contributed by atoms with Crippen molar-refractivity contribution < 1.29 is 13.2 Å². The first-order valence-corrected chi connectivity index (χ1v) is 8.76. The number of hydrogen-bond donors (Lipinski definition) is 1. The Hall–Kier alpha value is -1.84. The molecule has 1 aromatic carbocycles. The van der Waals surface area contributed by atoms with Crippen LogP contribution in [-0.4, -0.2) is 26.4 Å². The highest BCUT2D eigenvalue weighted by Crippen LogP contribution is 2.30. The lowest BCUT2D eigenvalue weighted by atomic mass is 10.0. The van der Waals surface area contributed by atoms with Gasteiger partial charge < -0.3 is 4.74 Å². The Bertz CT molecular complexity index is 685. The van der Waals surface area contributed by atoms with Gasteiger partial charge in [-0.15, -0.1) is 0 Å². The van der Waals surface area contributed by atoms with Crippen molar-refractivity contribution in [1.82, 2.24) is 4.72 Å². The molecule has 2 rings (SSSR count). The molecule has 5 nitrogen and oxygen atoms in total. The van der Waals surface area contributed by atoms with Crippen LogP contribution in [0.15, 0.2) is 30.3 Å². The summed E-state index contributed by atoms with van der Waals surface area (Å²) in [5.41, 5.74) is 1.98. The molecule has 6 heteroatoms. The number of allylic oxidation sites excluding steroid dienone is 1. The van der Waals surface area contributed by atoms with Gasteiger partial charge in [0.15, 0.2) is 0 Å². The maximum atomic E-state index is 12.0. The van der Waals surface area contributed by atoms with Crippen molar-refractivity contribution in [3.05, 3.63) is 47.3 Å². The van der Waals surface area contributed by atoms with Crippen molar-refractivity contribution in [2.45, 2.75) is 38.0 Å². The van der Waals surface area contributed by atoms with E-state index in [2.05, 4.69) is 15.6 Å². The molecule has 1 atom stereocenters. The first-order valence-electron chi connectivity index (χ1n) is 7.21. The molecule has 0 heterocycles. The van der Waals surface area contributed by atoms with Crippen molar-refractivity contribution in [1.29, 1.82) is 0 Å². The monoisotopic (exact) mass is 320 g/mol. The average Bonchev–Trinajstić information content (AvgIpc) is 2.93. The second kappa shape index (κ2) is 6.95. The van der Waals surface area contributed by atoms with E-state index < -0.39 is 15.3 Å². The molecule has 0 spiro atoms. The van der Waals surface area contributed by atoms with Crippen LogP contribution in [-0.2, 0) is 10.0 Å². The lowest BCUT2D eigenvalue weighted by molar-refractivity contribution is 0.361. The van der Waals surface area contributed by atoms with E-state index in [1.807, 2.05) is 12.1 Å². The van der Waals surface area contributed by atoms with Crippen molar-refractivity contribution in [2.75, 3.05) is 6.73 Å². The summed E-state index contributed by atoms with van der Waals surface area (Å²) in [4.78, 5) is 3.14. The molecule has 0 aromatic heterocycles. The van der Waals surface area contributed by atoms with Crippen molar-refractivity contribution in [3.63, 3.8) is 0 Å². The Balaban J connectivity index is 2.12. The van der Waals surface area contributed by atoms with Gasteiger partial charge in [0, 0.05) is 6.04 Å². The van der Waals surface area contributed by atoms with Gasteiger partial charge in [0.05, 0.1) is 5.25 Å². The minimum Gasteiger partial charge on any atom is -0.426 e. The highest BCUT2D eigenvalue weighted by Gasteiger charge is 2.27. The van der Waals surface area contributed by atoms with E-state index in [1.165, 1.54) is 0 Å². The lowest BCUT2D eigenvalue weighted by Gasteiger charge is -2.19. The number of nitrogens with one attached hydrogen (secondary N) is 1. The first-order chi connectivity index (χ1) is 10.4. The third-order valence-corrected chi connectivity index (χ3v) is 5.46. The molecule has 1 unspecified atom stereocenters. The lowest BCUT2D eigenvalue weighted by Crippen LogP contribution is -2.38. The number of rotatable bonds is 6. The highest BCUT2D eigenvalue weighted by molar-refractivity contribution is 7.90. The maximum Gasteiger partial charge on any atom is 0.357 e. The summed E-state index contributed by atoms with van der Waals surface area (Å²) in [6.07, 6.45) is 3.70. The van der Waals surface area contributed by atoms with Crippen LogP contribution in [0.5, 0.6) is 5.75 Å².